The Kier molecular flexibility index (Phi) is 4.21. The monoisotopic (exact) mass is 267 g/mol. The highest BCUT2D eigenvalue weighted by Gasteiger charge is 2.35. The molecule has 2 heterocycles. The molecular formula is C13H21N3O3. The SMILES string of the molecule is CN(C)C(=O)CC1(O)CCCN(Cc2ccon2)C1. The van der Waals surface area contributed by atoms with Gasteiger partial charge in [0.1, 0.15) is 6.26 Å². The van der Waals surface area contributed by atoms with Crippen LogP contribution in [0.15, 0.2) is 16.9 Å². The van der Waals surface area contributed by atoms with E-state index in [1.165, 1.54) is 4.90 Å². The van der Waals surface area contributed by atoms with Crippen LogP contribution < -0.4 is 0 Å². The molecule has 1 aliphatic heterocycles. The maximum absolute atomic E-state index is 11.8. The lowest BCUT2D eigenvalue weighted by atomic mass is 9.89. The number of hydrogen-bond acceptors (Lipinski definition) is 5. The minimum absolute atomic E-state index is 0.0363. The Labute approximate surface area is 113 Å². The molecule has 6 heteroatoms. The number of nitrogens with zero attached hydrogens (tertiary/aromatic N) is 3. The van der Waals surface area contributed by atoms with Gasteiger partial charge in [0.05, 0.1) is 17.7 Å². The Hall–Kier alpha value is -1.40. The molecule has 0 aromatic carbocycles. The van der Waals surface area contributed by atoms with Gasteiger partial charge in [-0.2, -0.15) is 0 Å². The number of piperidine rings is 1. The predicted octanol–water partition coefficient (Wildman–Crippen LogP) is 0.480. The molecule has 2 rings (SSSR count). The normalized spacial score (nSPS) is 24.4. The van der Waals surface area contributed by atoms with Gasteiger partial charge in [-0.25, -0.2) is 0 Å². The van der Waals surface area contributed by atoms with Gasteiger partial charge in [0.25, 0.3) is 0 Å². The largest absolute Gasteiger partial charge is 0.388 e. The van der Waals surface area contributed by atoms with Crippen molar-refractivity contribution < 1.29 is 14.4 Å². The summed E-state index contributed by atoms with van der Waals surface area (Å²) in [5.41, 5.74) is -0.0771. The Bertz CT molecular complexity index is 419. The minimum atomic E-state index is -0.927. The van der Waals surface area contributed by atoms with Crippen LogP contribution in [0.3, 0.4) is 0 Å². The molecule has 1 N–H and O–H groups in total. The van der Waals surface area contributed by atoms with Gasteiger partial charge >= 0.3 is 0 Å². The maximum Gasteiger partial charge on any atom is 0.224 e. The highest BCUT2D eigenvalue weighted by molar-refractivity contribution is 5.76. The van der Waals surface area contributed by atoms with Crippen LogP contribution in [0.25, 0.3) is 0 Å². The van der Waals surface area contributed by atoms with Crippen LogP contribution in [0.4, 0.5) is 0 Å². The molecule has 1 saturated heterocycles. The number of carbonyl (C=O) groups is 1. The number of aromatic nitrogens is 1. The zero-order valence-electron chi connectivity index (χ0n) is 11.5. The molecule has 0 saturated carbocycles. The summed E-state index contributed by atoms with van der Waals surface area (Å²) in [7, 11) is 3.42. The van der Waals surface area contributed by atoms with E-state index in [1.54, 1.807) is 20.4 Å². The van der Waals surface area contributed by atoms with Crippen molar-refractivity contribution in [1.82, 2.24) is 15.0 Å². The van der Waals surface area contributed by atoms with E-state index in [9.17, 15) is 9.90 Å². The fraction of sp³-hybridized carbons (Fsp3) is 0.692. The number of amides is 1. The fourth-order valence-electron chi connectivity index (χ4n) is 2.47. The predicted molar refractivity (Wildman–Crippen MR) is 69.3 cm³/mol. The van der Waals surface area contributed by atoms with Gasteiger partial charge in [-0.1, -0.05) is 5.16 Å². The van der Waals surface area contributed by atoms with E-state index >= 15 is 0 Å². The molecule has 6 nitrogen and oxygen atoms in total. The van der Waals surface area contributed by atoms with E-state index < -0.39 is 5.60 Å². The van der Waals surface area contributed by atoms with Gasteiger partial charge in [0, 0.05) is 33.3 Å². The van der Waals surface area contributed by atoms with Crippen LogP contribution in [-0.4, -0.2) is 58.8 Å². The lowest BCUT2D eigenvalue weighted by Crippen LogP contribution is -2.50. The first-order valence-electron chi connectivity index (χ1n) is 6.53. The van der Waals surface area contributed by atoms with Crippen LogP contribution in [0.1, 0.15) is 25.0 Å². The summed E-state index contributed by atoms with van der Waals surface area (Å²) in [6, 6.07) is 1.82. The van der Waals surface area contributed by atoms with E-state index in [2.05, 4.69) is 10.1 Å². The van der Waals surface area contributed by atoms with Crippen LogP contribution in [-0.2, 0) is 11.3 Å². The van der Waals surface area contributed by atoms with Gasteiger partial charge in [-0.3, -0.25) is 9.69 Å². The first-order valence-corrected chi connectivity index (χ1v) is 6.53. The van der Waals surface area contributed by atoms with Crippen molar-refractivity contribution in [3.8, 4) is 0 Å². The van der Waals surface area contributed by atoms with E-state index in [0.717, 1.165) is 18.7 Å². The average Bonchev–Trinajstić information content (AvgIpc) is 2.81. The average molecular weight is 267 g/mol. The zero-order chi connectivity index (χ0) is 13.9. The molecule has 106 valence electrons. The number of likely N-dealkylation sites (tertiary alicyclic amines) is 1. The van der Waals surface area contributed by atoms with E-state index in [4.69, 9.17) is 4.52 Å². The molecule has 1 aliphatic rings. The van der Waals surface area contributed by atoms with Crippen molar-refractivity contribution in [2.24, 2.45) is 0 Å². The first kappa shape index (κ1) is 14.0. The topological polar surface area (TPSA) is 69.8 Å². The molecule has 0 bridgehead atoms. The number of hydrogen-bond donors (Lipinski definition) is 1. The number of carbonyl (C=O) groups excluding carboxylic acids is 1. The van der Waals surface area contributed by atoms with E-state index in [1.807, 2.05) is 6.07 Å². The van der Waals surface area contributed by atoms with Crippen molar-refractivity contribution in [2.45, 2.75) is 31.4 Å². The van der Waals surface area contributed by atoms with Crippen molar-refractivity contribution in [1.29, 1.82) is 0 Å². The molecule has 1 aromatic rings. The third-order valence-electron chi connectivity index (χ3n) is 3.49. The third kappa shape index (κ3) is 3.78. The highest BCUT2D eigenvalue weighted by atomic mass is 16.5. The number of β-amino-alcohol motifs (C(OH)–C–C–N with tert-alkyl or cyclic N) is 1. The lowest BCUT2D eigenvalue weighted by molar-refractivity contribution is -0.136. The Balaban J connectivity index is 1.93. The zero-order valence-corrected chi connectivity index (χ0v) is 11.5. The Morgan fingerprint density at radius 1 is 1.63 bits per heavy atom. The van der Waals surface area contributed by atoms with Crippen molar-refractivity contribution >= 4 is 5.91 Å². The maximum atomic E-state index is 11.8. The summed E-state index contributed by atoms with van der Waals surface area (Å²) in [5.74, 6) is -0.0363. The van der Waals surface area contributed by atoms with Gasteiger partial charge in [0.15, 0.2) is 0 Å². The van der Waals surface area contributed by atoms with E-state index in [-0.39, 0.29) is 12.3 Å². The molecular weight excluding hydrogens is 246 g/mol. The van der Waals surface area contributed by atoms with Gasteiger partial charge in [0.2, 0.25) is 5.91 Å². The smallest absolute Gasteiger partial charge is 0.224 e. The minimum Gasteiger partial charge on any atom is -0.388 e. The molecule has 1 unspecified atom stereocenters. The van der Waals surface area contributed by atoms with Crippen LogP contribution >= 0.6 is 0 Å². The summed E-state index contributed by atoms with van der Waals surface area (Å²) < 4.78 is 4.80. The second kappa shape index (κ2) is 5.71. The lowest BCUT2D eigenvalue weighted by Gasteiger charge is -2.39. The first-order chi connectivity index (χ1) is 8.98. The third-order valence-corrected chi connectivity index (χ3v) is 3.49. The summed E-state index contributed by atoms with van der Waals surface area (Å²) in [6.45, 7) is 2.06. The van der Waals surface area contributed by atoms with Crippen molar-refractivity contribution in [3.63, 3.8) is 0 Å². The standard InChI is InChI=1S/C13H21N3O3/c1-15(2)12(17)8-13(18)5-3-6-16(10-13)9-11-4-7-19-14-11/h4,7,18H,3,5-6,8-10H2,1-2H3. The van der Waals surface area contributed by atoms with Crippen LogP contribution in [0, 0.1) is 0 Å². The second-order valence-corrected chi connectivity index (χ2v) is 5.49. The van der Waals surface area contributed by atoms with Gasteiger partial charge in [-0.15, -0.1) is 0 Å². The van der Waals surface area contributed by atoms with Crippen molar-refractivity contribution in [3.05, 3.63) is 18.0 Å². The molecule has 0 aliphatic carbocycles. The Morgan fingerprint density at radius 2 is 2.42 bits per heavy atom. The van der Waals surface area contributed by atoms with Crippen LogP contribution in [0.2, 0.25) is 0 Å². The molecule has 1 amide bonds. The number of rotatable bonds is 4. The molecule has 0 radical (unpaired) electrons. The summed E-state index contributed by atoms with van der Waals surface area (Å²) in [4.78, 5) is 15.4. The molecule has 19 heavy (non-hydrogen) atoms. The molecule has 1 fully saturated rings. The second-order valence-electron chi connectivity index (χ2n) is 5.49. The molecule has 1 aromatic heterocycles. The van der Waals surface area contributed by atoms with Crippen LogP contribution in [0.5, 0.6) is 0 Å². The summed E-state index contributed by atoms with van der Waals surface area (Å²) in [5, 5.41) is 14.4. The quantitative estimate of drug-likeness (QED) is 0.859. The molecule has 1 atom stereocenters. The van der Waals surface area contributed by atoms with E-state index in [0.29, 0.717) is 19.5 Å². The van der Waals surface area contributed by atoms with Crippen molar-refractivity contribution in [2.75, 3.05) is 27.2 Å². The van der Waals surface area contributed by atoms with Gasteiger partial charge in [-0.05, 0) is 19.4 Å². The Morgan fingerprint density at radius 3 is 3.05 bits per heavy atom. The summed E-state index contributed by atoms with van der Waals surface area (Å²) >= 11 is 0. The number of aliphatic hydroxyl groups is 1. The van der Waals surface area contributed by atoms with Gasteiger partial charge < -0.3 is 14.5 Å². The fourth-order valence-corrected chi connectivity index (χ4v) is 2.47. The summed E-state index contributed by atoms with van der Waals surface area (Å²) in [6.07, 6.45) is 3.27. The molecule has 0 spiro atoms. The highest BCUT2D eigenvalue weighted by Crippen LogP contribution is 2.26.